The van der Waals surface area contributed by atoms with E-state index in [0.717, 1.165) is 43.6 Å². The molecule has 0 N–H and O–H groups in total. The molecule has 4 heteroatoms. The van der Waals surface area contributed by atoms with Crippen LogP contribution in [-0.2, 0) is 19.0 Å². The average molecular weight is 473 g/mol. The molecular formula is C30H48O4. The Hall–Kier alpha value is -0.610. The Kier molecular flexibility index (Phi) is 5.73. The van der Waals surface area contributed by atoms with Gasteiger partial charge in [-0.1, -0.05) is 34.6 Å². The highest BCUT2D eigenvalue weighted by molar-refractivity contribution is 5.71. The molecule has 0 aromatic heterocycles. The summed E-state index contributed by atoms with van der Waals surface area (Å²) in [6.07, 6.45) is 14.1. The Morgan fingerprint density at radius 1 is 0.941 bits per heavy atom. The minimum absolute atomic E-state index is 0.0120. The molecule has 4 nitrogen and oxygen atoms in total. The van der Waals surface area contributed by atoms with Gasteiger partial charge in [-0.15, -0.1) is 0 Å². The number of hydrogen-bond acceptors (Lipinski definition) is 4. The fourth-order valence-electron chi connectivity index (χ4n) is 10.5. The molecule has 2 saturated heterocycles. The molecule has 8 unspecified atom stereocenters. The van der Waals surface area contributed by atoms with Crippen LogP contribution in [0, 0.1) is 52.3 Å². The minimum atomic E-state index is -0.284. The predicted octanol–water partition coefficient (Wildman–Crippen LogP) is 6.75. The quantitative estimate of drug-likeness (QED) is 0.417. The van der Waals surface area contributed by atoms with Crippen molar-refractivity contribution in [1.82, 2.24) is 0 Å². The first kappa shape index (κ1) is 23.8. The molecule has 192 valence electrons. The molecule has 11 atom stereocenters. The van der Waals surface area contributed by atoms with E-state index in [2.05, 4.69) is 20.8 Å². The van der Waals surface area contributed by atoms with E-state index in [1.165, 1.54) is 51.4 Å². The third-order valence-corrected chi connectivity index (χ3v) is 12.3. The van der Waals surface area contributed by atoms with E-state index in [0.29, 0.717) is 34.7 Å². The Balaban J connectivity index is 1.18. The van der Waals surface area contributed by atoms with E-state index < -0.39 is 0 Å². The zero-order valence-electron chi connectivity index (χ0n) is 22.3. The lowest BCUT2D eigenvalue weighted by Gasteiger charge is -2.61. The molecule has 6 rings (SSSR count). The second-order valence-corrected chi connectivity index (χ2v) is 14.0. The summed E-state index contributed by atoms with van der Waals surface area (Å²) in [6, 6.07) is 0. The van der Waals surface area contributed by atoms with Gasteiger partial charge in [-0.05, 0) is 105 Å². The van der Waals surface area contributed by atoms with Gasteiger partial charge >= 0.3 is 5.97 Å². The minimum Gasteiger partial charge on any atom is -0.462 e. The van der Waals surface area contributed by atoms with Crippen LogP contribution in [0.2, 0.25) is 0 Å². The van der Waals surface area contributed by atoms with Crippen LogP contribution in [-0.4, -0.2) is 30.6 Å². The van der Waals surface area contributed by atoms with E-state index in [9.17, 15) is 4.79 Å². The average Bonchev–Trinajstić information content (AvgIpc) is 3.24. The highest BCUT2D eigenvalue weighted by Gasteiger charge is 2.69. The summed E-state index contributed by atoms with van der Waals surface area (Å²) >= 11 is 0. The first-order valence-electron chi connectivity index (χ1n) is 14.7. The zero-order chi connectivity index (χ0) is 23.9. The highest BCUT2D eigenvalue weighted by atomic mass is 16.7. The van der Waals surface area contributed by atoms with Crippen molar-refractivity contribution in [1.29, 1.82) is 0 Å². The van der Waals surface area contributed by atoms with Gasteiger partial charge in [-0.3, -0.25) is 4.79 Å². The van der Waals surface area contributed by atoms with Crippen molar-refractivity contribution >= 4 is 5.97 Å². The van der Waals surface area contributed by atoms with Gasteiger partial charge in [0.2, 0.25) is 0 Å². The summed E-state index contributed by atoms with van der Waals surface area (Å²) in [6.45, 7) is 12.5. The van der Waals surface area contributed by atoms with Gasteiger partial charge in [-0.25, -0.2) is 0 Å². The second-order valence-electron chi connectivity index (χ2n) is 14.0. The molecule has 6 fully saturated rings. The molecule has 0 amide bonds. The summed E-state index contributed by atoms with van der Waals surface area (Å²) in [4.78, 5) is 12.2. The van der Waals surface area contributed by atoms with Gasteiger partial charge in [0.25, 0.3) is 0 Å². The van der Waals surface area contributed by atoms with Gasteiger partial charge in [0.05, 0.1) is 18.6 Å². The maximum absolute atomic E-state index is 12.2. The van der Waals surface area contributed by atoms with E-state index in [1.54, 1.807) is 0 Å². The fourth-order valence-corrected chi connectivity index (χ4v) is 10.5. The first-order chi connectivity index (χ1) is 16.2. The van der Waals surface area contributed by atoms with E-state index in [4.69, 9.17) is 14.2 Å². The van der Waals surface area contributed by atoms with Crippen molar-refractivity contribution in [3.63, 3.8) is 0 Å². The van der Waals surface area contributed by atoms with Crippen LogP contribution >= 0.6 is 0 Å². The molecule has 2 aliphatic heterocycles. The number of rotatable bonds is 2. The molecule has 0 aromatic rings. The third kappa shape index (κ3) is 3.32. The van der Waals surface area contributed by atoms with Crippen molar-refractivity contribution in [2.45, 2.75) is 123 Å². The van der Waals surface area contributed by atoms with Crippen molar-refractivity contribution < 1.29 is 19.0 Å². The van der Waals surface area contributed by atoms with Gasteiger partial charge < -0.3 is 14.2 Å². The van der Waals surface area contributed by atoms with E-state index >= 15 is 0 Å². The Morgan fingerprint density at radius 2 is 1.74 bits per heavy atom. The molecule has 6 aliphatic rings. The lowest BCUT2D eigenvalue weighted by atomic mass is 9.44. The largest absolute Gasteiger partial charge is 0.462 e. The Labute approximate surface area is 207 Å². The molecule has 0 bridgehead atoms. The van der Waals surface area contributed by atoms with Crippen LogP contribution < -0.4 is 0 Å². The molecule has 4 aliphatic carbocycles. The number of hydrogen-bond donors (Lipinski definition) is 0. The van der Waals surface area contributed by atoms with Crippen LogP contribution in [0.1, 0.15) is 105 Å². The van der Waals surface area contributed by atoms with Crippen molar-refractivity contribution in [2.24, 2.45) is 52.3 Å². The number of carbonyl (C=O) groups excluding carboxylic acids is 1. The lowest BCUT2D eigenvalue weighted by molar-refractivity contribution is -0.265. The molecule has 1 spiro atoms. The topological polar surface area (TPSA) is 44.8 Å². The fraction of sp³-hybridized carbons (Fsp3) is 0.967. The van der Waals surface area contributed by atoms with Crippen molar-refractivity contribution in [3.05, 3.63) is 0 Å². The maximum Gasteiger partial charge on any atom is 0.308 e. The molecule has 2 heterocycles. The van der Waals surface area contributed by atoms with Crippen LogP contribution in [0.3, 0.4) is 0 Å². The molecular weight excluding hydrogens is 424 g/mol. The van der Waals surface area contributed by atoms with Crippen LogP contribution in [0.5, 0.6) is 0 Å². The first-order valence-corrected chi connectivity index (χ1v) is 14.7. The van der Waals surface area contributed by atoms with Gasteiger partial charge in [-0.2, -0.15) is 0 Å². The normalized spacial score (nSPS) is 54.3. The number of ether oxygens (including phenoxy) is 3. The Morgan fingerprint density at radius 3 is 2.47 bits per heavy atom. The van der Waals surface area contributed by atoms with Crippen molar-refractivity contribution in [3.8, 4) is 0 Å². The van der Waals surface area contributed by atoms with E-state index in [1.807, 2.05) is 13.8 Å². The highest BCUT2D eigenvalue weighted by Crippen LogP contribution is 2.71. The third-order valence-electron chi connectivity index (χ3n) is 12.3. The molecule has 4 saturated carbocycles. The van der Waals surface area contributed by atoms with Crippen LogP contribution in [0.4, 0.5) is 0 Å². The summed E-state index contributed by atoms with van der Waals surface area (Å²) in [5, 5.41) is 0. The van der Waals surface area contributed by atoms with E-state index in [-0.39, 0.29) is 23.8 Å². The Bertz CT molecular complexity index is 802. The zero-order valence-corrected chi connectivity index (χ0v) is 22.3. The maximum atomic E-state index is 12.2. The summed E-state index contributed by atoms with van der Waals surface area (Å²) in [7, 11) is 0. The summed E-state index contributed by atoms with van der Waals surface area (Å²) in [5.74, 6) is 4.06. The van der Waals surface area contributed by atoms with Crippen LogP contribution in [0.25, 0.3) is 0 Å². The summed E-state index contributed by atoms with van der Waals surface area (Å²) in [5.41, 5.74) is 0.825. The van der Waals surface area contributed by atoms with Gasteiger partial charge in [0, 0.05) is 12.3 Å². The molecule has 34 heavy (non-hydrogen) atoms. The second kappa shape index (κ2) is 8.20. The molecule has 0 aromatic carbocycles. The predicted molar refractivity (Wildman–Crippen MR) is 132 cm³/mol. The van der Waals surface area contributed by atoms with Gasteiger partial charge in [0.1, 0.15) is 6.10 Å². The van der Waals surface area contributed by atoms with Gasteiger partial charge in [0.15, 0.2) is 5.79 Å². The lowest BCUT2D eigenvalue weighted by Crippen LogP contribution is -2.55. The van der Waals surface area contributed by atoms with Crippen LogP contribution in [0.15, 0.2) is 0 Å². The monoisotopic (exact) mass is 472 g/mol. The number of fused-ring (bicyclic) bond motifs is 7. The number of esters is 1. The SMILES string of the molecule is CC(C)C(=O)O[C@@H]1CCC2(C)C(CCC3C2CCC2(C)C3CC3O[C@]4(CCCCO4)[C@@H](C)C32)C1. The summed E-state index contributed by atoms with van der Waals surface area (Å²) < 4.78 is 19.2. The smallest absolute Gasteiger partial charge is 0.308 e. The standard InChI is InChI=1S/C30H48O4/c1-18(2)27(31)33-21-10-13-28(4)20(16-21)8-9-22-23(28)11-14-29(5)24(22)17-25-26(29)19(3)30(34-25)12-6-7-15-32-30/h18-26H,6-17H2,1-5H3/t19-,20?,21+,22?,23?,24?,25?,26?,28?,29?,30+/m0/s1. The molecule has 0 radical (unpaired) electrons. The number of carbonyl (C=O) groups is 1. The van der Waals surface area contributed by atoms with Crippen molar-refractivity contribution in [2.75, 3.05) is 6.61 Å².